The number of aromatic nitrogens is 2. The van der Waals surface area contributed by atoms with E-state index in [0.717, 1.165) is 17.8 Å². The van der Waals surface area contributed by atoms with Crippen LogP contribution < -0.4 is 5.32 Å². The van der Waals surface area contributed by atoms with Crippen molar-refractivity contribution in [2.45, 2.75) is 33.9 Å². The molecular formula is C18H24N4O2. The second-order valence-electron chi connectivity index (χ2n) is 5.92. The highest BCUT2D eigenvalue weighted by atomic mass is 16.2. The van der Waals surface area contributed by atoms with Crippen molar-refractivity contribution in [1.29, 1.82) is 0 Å². The van der Waals surface area contributed by atoms with Gasteiger partial charge in [-0.1, -0.05) is 0 Å². The number of benzene rings is 1. The van der Waals surface area contributed by atoms with Gasteiger partial charge in [0.15, 0.2) is 5.78 Å². The van der Waals surface area contributed by atoms with E-state index < -0.39 is 0 Å². The predicted molar refractivity (Wildman–Crippen MR) is 94.0 cm³/mol. The lowest BCUT2D eigenvalue weighted by atomic mass is 10.1. The molecule has 128 valence electrons. The van der Waals surface area contributed by atoms with Gasteiger partial charge in [0.05, 0.1) is 12.7 Å². The third-order valence-electron chi connectivity index (χ3n) is 3.93. The molecular weight excluding hydrogens is 304 g/mol. The van der Waals surface area contributed by atoms with Crippen molar-refractivity contribution < 1.29 is 9.59 Å². The van der Waals surface area contributed by atoms with Crippen LogP contribution in [-0.2, 0) is 17.9 Å². The number of carbonyl (C=O) groups excluding carboxylic acids is 2. The number of rotatable bonds is 7. The molecule has 6 nitrogen and oxygen atoms in total. The molecule has 1 amide bonds. The molecule has 2 rings (SSSR count). The van der Waals surface area contributed by atoms with Crippen molar-refractivity contribution in [1.82, 2.24) is 14.7 Å². The van der Waals surface area contributed by atoms with Crippen LogP contribution in [-0.4, -0.2) is 40.0 Å². The molecule has 0 unspecified atom stereocenters. The first-order chi connectivity index (χ1) is 11.4. The van der Waals surface area contributed by atoms with Gasteiger partial charge < -0.3 is 5.32 Å². The van der Waals surface area contributed by atoms with Crippen molar-refractivity contribution in [2.24, 2.45) is 0 Å². The fraction of sp³-hybridized carbons (Fsp3) is 0.389. The van der Waals surface area contributed by atoms with Crippen LogP contribution in [0.5, 0.6) is 0 Å². The van der Waals surface area contributed by atoms with E-state index in [9.17, 15) is 9.59 Å². The normalized spacial score (nSPS) is 10.9. The van der Waals surface area contributed by atoms with Gasteiger partial charge in [0.2, 0.25) is 5.91 Å². The Morgan fingerprint density at radius 1 is 1.25 bits per heavy atom. The molecule has 0 aliphatic heterocycles. The van der Waals surface area contributed by atoms with Crippen LogP contribution in [0.1, 0.15) is 35.5 Å². The Hall–Kier alpha value is -2.47. The van der Waals surface area contributed by atoms with E-state index in [1.807, 2.05) is 29.7 Å². The van der Waals surface area contributed by atoms with E-state index in [1.165, 1.54) is 6.92 Å². The average molecular weight is 328 g/mol. The molecule has 0 spiro atoms. The van der Waals surface area contributed by atoms with E-state index in [0.29, 0.717) is 17.8 Å². The van der Waals surface area contributed by atoms with Crippen LogP contribution in [0.15, 0.2) is 30.5 Å². The quantitative estimate of drug-likeness (QED) is 0.793. The first-order valence-corrected chi connectivity index (χ1v) is 8.01. The molecule has 0 bridgehead atoms. The topological polar surface area (TPSA) is 67.2 Å². The molecule has 1 aromatic heterocycles. The lowest BCUT2D eigenvalue weighted by Gasteiger charge is -2.16. The van der Waals surface area contributed by atoms with E-state index in [-0.39, 0.29) is 18.2 Å². The summed E-state index contributed by atoms with van der Waals surface area (Å²) in [5, 5.41) is 7.16. The number of amides is 1. The van der Waals surface area contributed by atoms with Gasteiger partial charge in [0.25, 0.3) is 0 Å². The highest BCUT2D eigenvalue weighted by Gasteiger charge is 2.11. The van der Waals surface area contributed by atoms with Crippen molar-refractivity contribution in [3.63, 3.8) is 0 Å². The largest absolute Gasteiger partial charge is 0.325 e. The van der Waals surface area contributed by atoms with Gasteiger partial charge in [-0.2, -0.15) is 5.10 Å². The van der Waals surface area contributed by atoms with Gasteiger partial charge in [-0.05, 0) is 52.1 Å². The van der Waals surface area contributed by atoms with Crippen LogP contribution in [0.2, 0.25) is 0 Å². The highest BCUT2D eigenvalue weighted by molar-refractivity contribution is 5.96. The summed E-state index contributed by atoms with van der Waals surface area (Å²) >= 11 is 0. The summed E-state index contributed by atoms with van der Waals surface area (Å²) in [7, 11) is 1.90. The first-order valence-electron chi connectivity index (χ1n) is 8.01. The van der Waals surface area contributed by atoms with Crippen LogP contribution in [0.4, 0.5) is 5.69 Å². The van der Waals surface area contributed by atoms with Gasteiger partial charge in [-0.15, -0.1) is 0 Å². The Morgan fingerprint density at radius 2 is 1.92 bits per heavy atom. The number of ketones is 1. The number of aryl methyl sites for hydroxylation is 1. The maximum absolute atomic E-state index is 12.1. The Balaban J connectivity index is 1.89. The SMILES string of the molecule is CCn1ncc(CN(C)CC(=O)Nc2ccc(C(C)=O)cc2)c1C. The monoisotopic (exact) mass is 328 g/mol. The molecule has 2 aromatic rings. The summed E-state index contributed by atoms with van der Waals surface area (Å²) in [6.45, 7) is 7.40. The minimum Gasteiger partial charge on any atom is -0.325 e. The summed E-state index contributed by atoms with van der Waals surface area (Å²) in [4.78, 5) is 25.3. The maximum atomic E-state index is 12.1. The average Bonchev–Trinajstić information content (AvgIpc) is 2.87. The Labute approximate surface area is 142 Å². The number of hydrogen-bond donors (Lipinski definition) is 1. The summed E-state index contributed by atoms with van der Waals surface area (Å²) in [6, 6.07) is 6.91. The highest BCUT2D eigenvalue weighted by Crippen LogP contribution is 2.11. The Kier molecular flexibility index (Phi) is 5.87. The fourth-order valence-corrected chi connectivity index (χ4v) is 2.54. The van der Waals surface area contributed by atoms with E-state index in [2.05, 4.69) is 17.3 Å². The Morgan fingerprint density at radius 3 is 2.46 bits per heavy atom. The second kappa shape index (κ2) is 7.88. The van der Waals surface area contributed by atoms with E-state index >= 15 is 0 Å². The number of hydrogen-bond acceptors (Lipinski definition) is 4. The standard InChI is InChI=1S/C18H24N4O2/c1-5-22-13(2)16(10-19-22)11-21(4)12-18(24)20-17-8-6-15(7-9-17)14(3)23/h6-10H,5,11-12H2,1-4H3,(H,20,24). The molecule has 0 saturated heterocycles. The molecule has 0 atom stereocenters. The number of Topliss-reactive ketones (excluding diaryl/α,β-unsaturated/α-hetero) is 1. The van der Waals surface area contributed by atoms with E-state index in [1.54, 1.807) is 24.3 Å². The van der Waals surface area contributed by atoms with Crippen LogP contribution in [0.3, 0.4) is 0 Å². The number of likely N-dealkylation sites (N-methyl/N-ethyl adjacent to an activating group) is 1. The molecule has 6 heteroatoms. The third-order valence-corrected chi connectivity index (χ3v) is 3.93. The second-order valence-corrected chi connectivity index (χ2v) is 5.92. The zero-order valence-electron chi connectivity index (χ0n) is 14.7. The number of nitrogens with zero attached hydrogens (tertiary/aromatic N) is 3. The van der Waals surface area contributed by atoms with Gasteiger partial charge >= 0.3 is 0 Å². The molecule has 0 saturated carbocycles. The summed E-state index contributed by atoms with van der Waals surface area (Å²) in [5.41, 5.74) is 3.57. The predicted octanol–water partition coefficient (Wildman–Crippen LogP) is 2.48. The lowest BCUT2D eigenvalue weighted by molar-refractivity contribution is -0.117. The van der Waals surface area contributed by atoms with Crippen LogP contribution in [0.25, 0.3) is 0 Å². The molecule has 0 fully saturated rings. The molecule has 24 heavy (non-hydrogen) atoms. The van der Waals surface area contributed by atoms with Gasteiger partial charge in [0.1, 0.15) is 0 Å². The molecule has 1 aromatic carbocycles. The molecule has 0 aliphatic rings. The first kappa shape index (κ1) is 17.9. The summed E-state index contributed by atoms with van der Waals surface area (Å²) in [6.07, 6.45) is 1.85. The van der Waals surface area contributed by atoms with Crippen molar-refractivity contribution in [2.75, 3.05) is 18.9 Å². The zero-order valence-corrected chi connectivity index (χ0v) is 14.7. The number of nitrogens with one attached hydrogen (secondary N) is 1. The van der Waals surface area contributed by atoms with Crippen LogP contribution >= 0.6 is 0 Å². The van der Waals surface area contributed by atoms with Gasteiger partial charge in [-0.25, -0.2) is 0 Å². The third kappa shape index (κ3) is 4.52. The Bertz CT molecular complexity index is 719. The van der Waals surface area contributed by atoms with Crippen molar-refractivity contribution in [3.05, 3.63) is 47.3 Å². The van der Waals surface area contributed by atoms with Crippen molar-refractivity contribution in [3.8, 4) is 0 Å². The molecule has 0 radical (unpaired) electrons. The van der Waals surface area contributed by atoms with Crippen LogP contribution in [0, 0.1) is 6.92 Å². The lowest BCUT2D eigenvalue weighted by Crippen LogP contribution is -2.30. The summed E-state index contributed by atoms with van der Waals surface area (Å²) in [5.74, 6) is -0.0794. The van der Waals surface area contributed by atoms with Gasteiger partial charge in [0, 0.05) is 35.6 Å². The fourth-order valence-electron chi connectivity index (χ4n) is 2.54. The molecule has 1 heterocycles. The zero-order chi connectivity index (χ0) is 17.7. The molecule has 1 N–H and O–H groups in total. The minimum atomic E-state index is -0.0892. The minimum absolute atomic E-state index is 0.00982. The number of anilines is 1. The van der Waals surface area contributed by atoms with E-state index in [4.69, 9.17) is 0 Å². The van der Waals surface area contributed by atoms with Crippen molar-refractivity contribution >= 4 is 17.4 Å². The van der Waals surface area contributed by atoms with Gasteiger partial charge in [-0.3, -0.25) is 19.2 Å². The molecule has 0 aliphatic carbocycles. The summed E-state index contributed by atoms with van der Waals surface area (Å²) < 4.78 is 1.94. The maximum Gasteiger partial charge on any atom is 0.238 e. The number of carbonyl (C=O) groups is 2. The smallest absolute Gasteiger partial charge is 0.238 e.